The number of hydrogen-bond donors (Lipinski definition) is 1. The molecular formula is C13H16ClF2N. The zero-order valence-corrected chi connectivity index (χ0v) is 10.5. The molecule has 94 valence electrons. The van der Waals surface area contributed by atoms with Gasteiger partial charge in [-0.3, -0.25) is 0 Å². The van der Waals surface area contributed by atoms with Gasteiger partial charge < -0.3 is 5.32 Å². The van der Waals surface area contributed by atoms with Crippen LogP contribution in [0.4, 0.5) is 8.78 Å². The minimum Gasteiger partial charge on any atom is -0.310 e. The van der Waals surface area contributed by atoms with Gasteiger partial charge in [0.15, 0.2) is 0 Å². The second-order valence-corrected chi connectivity index (χ2v) is 5.00. The fourth-order valence-corrected chi connectivity index (χ4v) is 2.76. The summed E-state index contributed by atoms with van der Waals surface area (Å²) in [7, 11) is 0. The lowest BCUT2D eigenvalue weighted by Gasteiger charge is -2.28. The molecule has 0 radical (unpaired) electrons. The van der Waals surface area contributed by atoms with E-state index in [1.165, 1.54) is 6.07 Å². The molecule has 0 saturated carbocycles. The molecule has 0 aromatic heterocycles. The molecule has 17 heavy (non-hydrogen) atoms. The number of alkyl halides is 2. The van der Waals surface area contributed by atoms with E-state index >= 15 is 0 Å². The highest BCUT2D eigenvalue weighted by atomic mass is 35.5. The van der Waals surface area contributed by atoms with E-state index < -0.39 is 5.92 Å². The number of piperidine rings is 1. The molecule has 1 aromatic rings. The van der Waals surface area contributed by atoms with Crippen molar-refractivity contribution in [3.63, 3.8) is 0 Å². The van der Waals surface area contributed by atoms with Gasteiger partial charge >= 0.3 is 0 Å². The normalized spacial score (nSPS) is 21.5. The first-order chi connectivity index (χ1) is 8.00. The van der Waals surface area contributed by atoms with Crippen molar-refractivity contribution >= 4 is 11.6 Å². The van der Waals surface area contributed by atoms with Crippen molar-refractivity contribution in [3.8, 4) is 0 Å². The van der Waals surface area contributed by atoms with Gasteiger partial charge in [-0.1, -0.05) is 30.2 Å². The van der Waals surface area contributed by atoms with Gasteiger partial charge in [0.05, 0.1) is 5.02 Å². The number of rotatable bonds is 2. The SMILES string of the molecule is CC(F)(F)c1c(Cl)cccc1C1CCCCN1. The third kappa shape index (κ3) is 2.78. The third-order valence-corrected chi connectivity index (χ3v) is 3.49. The molecule has 1 fully saturated rings. The van der Waals surface area contributed by atoms with Crippen LogP contribution in [0, 0.1) is 0 Å². The fourth-order valence-electron chi connectivity index (χ4n) is 2.41. The highest BCUT2D eigenvalue weighted by molar-refractivity contribution is 6.31. The fraction of sp³-hybridized carbons (Fsp3) is 0.538. The van der Waals surface area contributed by atoms with Crippen molar-refractivity contribution in [2.45, 2.75) is 38.2 Å². The minimum absolute atomic E-state index is 0.00303. The largest absolute Gasteiger partial charge is 0.310 e. The van der Waals surface area contributed by atoms with Crippen LogP contribution >= 0.6 is 11.6 Å². The molecule has 1 heterocycles. The maximum Gasteiger partial charge on any atom is 0.272 e. The number of halogens is 3. The lowest BCUT2D eigenvalue weighted by atomic mass is 9.91. The average Bonchev–Trinajstić information content (AvgIpc) is 2.28. The van der Waals surface area contributed by atoms with Gasteiger partial charge in [0.25, 0.3) is 5.92 Å². The van der Waals surface area contributed by atoms with Crippen LogP contribution < -0.4 is 5.32 Å². The molecule has 1 aliphatic heterocycles. The van der Waals surface area contributed by atoms with Crippen LogP contribution in [0.1, 0.15) is 43.4 Å². The van der Waals surface area contributed by atoms with E-state index in [-0.39, 0.29) is 16.6 Å². The summed E-state index contributed by atoms with van der Waals surface area (Å²) < 4.78 is 27.2. The maximum absolute atomic E-state index is 13.6. The minimum atomic E-state index is -2.90. The Kier molecular flexibility index (Phi) is 3.69. The van der Waals surface area contributed by atoms with Gasteiger partial charge in [-0.2, -0.15) is 0 Å². The first-order valence-electron chi connectivity index (χ1n) is 5.90. The topological polar surface area (TPSA) is 12.0 Å². The smallest absolute Gasteiger partial charge is 0.272 e. The van der Waals surface area contributed by atoms with Crippen molar-refractivity contribution < 1.29 is 8.78 Å². The van der Waals surface area contributed by atoms with Crippen molar-refractivity contribution in [2.75, 3.05) is 6.54 Å². The molecule has 1 saturated heterocycles. The molecule has 1 unspecified atom stereocenters. The first-order valence-corrected chi connectivity index (χ1v) is 6.28. The third-order valence-electron chi connectivity index (χ3n) is 3.17. The predicted molar refractivity (Wildman–Crippen MR) is 65.6 cm³/mol. The lowest BCUT2D eigenvalue weighted by Crippen LogP contribution is -2.29. The highest BCUT2D eigenvalue weighted by Crippen LogP contribution is 2.39. The van der Waals surface area contributed by atoms with Gasteiger partial charge in [0.1, 0.15) is 0 Å². The summed E-state index contributed by atoms with van der Waals surface area (Å²) in [6.07, 6.45) is 3.07. The Morgan fingerprint density at radius 2 is 2.12 bits per heavy atom. The summed E-state index contributed by atoms with van der Waals surface area (Å²) in [6.45, 7) is 1.78. The quantitative estimate of drug-likeness (QED) is 0.837. The Hall–Kier alpha value is -0.670. The lowest BCUT2D eigenvalue weighted by molar-refractivity contribution is 0.0159. The standard InChI is InChI=1S/C13H16ClF2N/c1-13(15,16)12-9(5-4-6-10(12)14)11-7-2-3-8-17-11/h4-6,11,17H,2-3,7-8H2,1H3. The summed E-state index contributed by atoms with van der Waals surface area (Å²) in [5, 5.41) is 3.44. The van der Waals surface area contributed by atoms with E-state index in [2.05, 4.69) is 5.32 Å². The molecule has 2 rings (SSSR count). The predicted octanol–water partition coefficient (Wildman–Crippen LogP) is 4.27. The van der Waals surface area contributed by atoms with Gasteiger partial charge in [0.2, 0.25) is 0 Å². The van der Waals surface area contributed by atoms with Crippen LogP contribution in [0.15, 0.2) is 18.2 Å². The molecule has 1 aromatic carbocycles. The Balaban J connectivity index is 2.42. The molecule has 0 aliphatic carbocycles. The molecule has 0 amide bonds. The Morgan fingerprint density at radius 3 is 2.71 bits per heavy atom. The monoisotopic (exact) mass is 259 g/mol. The first kappa shape index (κ1) is 12.8. The Labute approximate surface area is 105 Å². The van der Waals surface area contributed by atoms with Crippen molar-refractivity contribution in [1.82, 2.24) is 5.32 Å². The van der Waals surface area contributed by atoms with E-state index in [0.29, 0.717) is 5.56 Å². The second kappa shape index (κ2) is 4.91. The van der Waals surface area contributed by atoms with Crippen LogP contribution in [0.2, 0.25) is 5.02 Å². The summed E-state index contributed by atoms with van der Waals surface area (Å²) in [5.41, 5.74) is 0.616. The average molecular weight is 260 g/mol. The van der Waals surface area contributed by atoms with Gasteiger partial charge in [-0.05, 0) is 31.0 Å². The highest BCUT2D eigenvalue weighted by Gasteiger charge is 2.32. The van der Waals surface area contributed by atoms with Crippen LogP contribution in [-0.2, 0) is 5.92 Å². The van der Waals surface area contributed by atoms with E-state index in [9.17, 15) is 8.78 Å². The summed E-state index contributed by atoms with van der Waals surface area (Å²) >= 11 is 5.93. The van der Waals surface area contributed by atoms with Crippen molar-refractivity contribution in [2.24, 2.45) is 0 Å². The van der Waals surface area contributed by atoms with E-state index in [1.807, 2.05) is 0 Å². The second-order valence-electron chi connectivity index (χ2n) is 4.59. The molecule has 4 heteroatoms. The molecule has 1 N–H and O–H groups in total. The zero-order chi connectivity index (χ0) is 12.5. The summed E-state index contributed by atoms with van der Waals surface area (Å²) in [5.74, 6) is -2.90. The van der Waals surface area contributed by atoms with Gasteiger partial charge in [-0.25, -0.2) is 8.78 Å². The van der Waals surface area contributed by atoms with Gasteiger partial charge in [0, 0.05) is 18.5 Å². The number of benzene rings is 1. The van der Waals surface area contributed by atoms with Crippen LogP contribution in [-0.4, -0.2) is 6.54 Å². The van der Waals surface area contributed by atoms with Crippen LogP contribution in [0.25, 0.3) is 0 Å². The maximum atomic E-state index is 13.6. The van der Waals surface area contributed by atoms with Gasteiger partial charge in [-0.15, -0.1) is 0 Å². The number of nitrogens with one attached hydrogen (secondary N) is 1. The van der Waals surface area contributed by atoms with E-state index in [1.54, 1.807) is 12.1 Å². The molecular weight excluding hydrogens is 244 g/mol. The van der Waals surface area contributed by atoms with E-state index in [0.717, 1.165) is 32.7 Å². The molecule has 1 nitrogen and oxygen atoms in total. The molecule has 0 spiro atoms. The molecule has 1 atom stereocenters. The van der Waals surface area contributed by atoms with Crippen molar-refractivity contribution in [1.29, 1.82) is 0 Å². The number of hydrogen-bond acceptors (Lipinski definition) is 1. The summed E-state index contributed by atoms with van der Waals surface area (Å²) in [4.78, 5) is 0. The summed E-state index contributed by atoms with van der Waals surface area (Å²) in [6, 6.07) is 5.02. The molecule has 1 aliphatic rings. The zero-order valence-electron chi connectivity index (χ0n) is 9.77. The van der Waals surface area contributed by atoms with E-state index in [4.69, 9.17) is 11.6 Å². The Bertz CT molecular complexity index is 395. The Morgan fingerprint density at radius 1 is 1.35 bits per heavy atom. The van der Waals surface area contributed by atoms with Crippen LogP contribution in [0.5, 0.6) is 0 Å². The molecule has 0 bridgehead atoms. The van der Waals surface area contributed by atoms with Crippen LogP contribution in [0.3, 0.4) is 0 Å². The van der Waals surface area contributed by atoms with Crippen molar-refractivity contribution in [3.05, 3.63) is 34.3 Å².